The molecule has 6 heteroatoms. The van der Waals surface area contributed by atoms with E-state index in [0.29, 0.717) is 23.1 Å². The van der Waals surface area contributed by atoms with Crippen LogP contribution in [0.3, 0.4) is 0 Å². The van der Waals surface area contributed by atoms with Gasteiger partial charge in [-0.1, -0.05) is 24.6 Å². The number of amides is 2. The monoisotopic (exact) mass is 326 g/mol. The van der Waals surface area contributed by atoms with Gasteiger partial charge in [-0.3, -0.25) is 0 Å². The van der Waals surface area contributed by atoms with E-state index in [2.05, 4.69) is 5.32 Å². The average Bonchev–Trinajstić information content (AvgIpc) is 3.06. The first kappa shape index (κ1) is 16.1. The van der Waals surface area contributed by atoms with Crippen molar-refractivity contribution >= 4 is 11.7 Å². The van der Waals surface area contributed by atoms with Gasteiger partial charge in [-0.25, -0.2) is 4.79 Å². The number of halogens is 3. The van der Waals surface area contributed by atoms with Crippen LogP contribution in [0.2, 0.25) is 0 Å². The van der Waals surface area contributed by atoms with Crippen LogP contribution in [-0.2, 0) is 6.42 Å². The Morgan fingerprint density at radius 1 is 1.17 bits per heavy atom. The molecule has 1 saturated heterocycles. The third-order valence-electron chi connectivity index (χ3n) is 4.95. The molecule has 0 radical (unpaired) electrons. The molecule has 1 heterocycles. The van der Waals surface area contributed by atoms with E-state index in [0.717, 1.165) is 13.1 Å². The largest absolute Gasteiger partial charge is 0.389 e. The summed E-state index contributed by atoms with van der Waals surface area (Å²) in [7, 11) is 0. The van der Waals surface area contributed by atoms with Gasteiger partial charge < -0.3 is 10.2 Å². The van der Waals surface area contributed by atoms with Crippen molar-refractivity contribution in [2.75, 3.05) is 18.4 Å². The van der Waals surface area contributed by atoms with Crippen LogP contribution in [0, 0.1) is 11.8 Å². The van der Waals surface area contributed by atoms with Gasteiger partial charge in [0.1, 0.15) is 0 Å². The van der Waals surface area contributed by atoms with Gasteiger partial charge in [0.05, 0.1) is 0 Å². The van der Waals surface area contributed by atoms with Gasteiger partial charge in [-0.05, 0) is 42.7 Å². The van der Waals surface area contributed by atoms with Crippen molar-refractivity contribution in [1.82, 2.24) is 4.90 Å². The second-order valence-electron chi connectivity index (χ2n) is 6.56. The number of hydrogen-bond donors (Lipinski definition) is 1. The SMILES string of the molecule is O=C(Nc1ccccc1CCC(F)(F)F)N1CC2CCCC2C1. The number of nitrogens with zero attached hydrogens (tertiary/aromatic N) is 1. The number of nitrogens with one attached hydrogen (secondary N) is 1. The lowest BCUT2D eigenvalue weighted by Gasteiger charge is -2.19. The Bertz CT molecular complexity index is 561. The quantitative estimate of drug-likeness (QED) is 0.875. The summed E-state index contributed by atoms with van der Waals surface area (Å²) in [5.41, 5.74) is 1.01. The Morgan fingerprint density at radius 3 is 2.48 bits per heavy atom. The Kier molecular flexibility index (Phi) is 4.50. The topological polar surface area (TPSA) is 32.3 Å². The number of alkyl halides is 3. The molecule has 0 aromatic heterocycles. The van der Waals surface area contributed by atoms with Gasteiger partial charge in [0.25, 0.3) is 0 Å². The second-order valence-corrected chi connectivity index (χ2v) is 6.56. The van der Waals surface area contributed by atoms with Gasteiger partial charge in [0, 0.05) is 25.2 Å². The molecule has 1 N–H and O–H groups in total. The van der Waals surface area contributed by atoms with E-state index >= 15 is 0 Å². The van der Waals surface area contributed by atoms with E-state index in [9.17, 15) is 18.0 Å². The number of urea groups is 1. The Hall–Kier alpha value is -1.72. The lowest BCUT2D eigenvalue weighted by molar-refractivity contribution is -0.133. The number of carbonyl (C=O) groups is 1. The van der Waals surface area contributed by atoms with Crippen LogP contribution in [0.15, 0.2) is 24.3 Å². The predicted molar refractivity (Wildman–Crippen MR) is 82.2 cm³/mol. The van der Waals surface area contributed by atoms with Crippen molar-refractivity contribution in [3.63, 3.8) is 0 Å². The minimum atomic E-state index is -4.19. The zero-order valence-electron chi connectivity index (χ0n) is 12.9. The van der Waals surface area contributed by atoms with Crippen molar-refractivity contribution in [2.45, 2.75) is 38.3 Å². The third kappa shape index (κ3) is 3.98. The normalized spacial score (nSPS) is 23.9. The molecule has 0 bridgehead atoms. The number of likely N-dealkylation sites (tertiary alicyclic amines) is 1. The summed E-state index contributed by atoms with van der Waals surface area (Å²) < 4.78 is 37.3. The van der Waals surface area contributed by atoms with Crippen LogP contribution in [0.1, 0.15) is 31.2 Å². The smallest absolute Gasteiger partial charge is 0.324 e. The van der Waals surface area contributed by atoms with E-state index in [1.54, 1.807) is 29.2 Å². The number of carbonyl (C=O) groups excluding carboxylic acids is 1. The highest BCUT2D eigenvalue weighted by molar-refractivity contribution is 5.90. The van der Waals surface area contributed by atoms with E-state index in [1.807, 2.05) is 0 Å². The first-order valence-electron chi connectivity index (χ1n) is 8.13. The average molecular weight is 326 g/mol. The summed E-state index contributed by atoms with van der Waals surface area (Å²) in [5.74, 6) is 1.20. The molecular weight excluding hydrogens is 305 g/mol. The van der Waals surface area contributed by atoms with Crippen molar-refractivity contribution in [3.05, 3.63) is 29.8 Å². The standard InChI is InChI=1S/C17H21F3N2O/c18-17(19,20)9-8-12-4-1-2-7-15(12)21-16(23)22-10-13-5-3-6-14(13)11-22/h1-2,4,7,13-14H,3,5-6,8-11H2,(H,21,23). The van der Waals surface area contributed by atoms with Crippen molar-refractivity contribution < 1.29 is 18.0 Å². The molecule has 2 amide bonds. The molecule has 1 aliphatic carbocycles. The van der Waals surface area contributed by atoms with Gasteiger partial charge in [-0.15, -0.1) is 0 Å². The highest BCUT2D eigenvalue weighted by atomic mass is 19.4. The molecule has 1 saturated carbocycles. The Balaban J connectivity index is 1.62. The van der Waals surface area contributed by atoms with Gasteiger partial charge in [-0.2, -0.15) is 13.2 Å². The van der Waals surface area contributed by atoms with Gasteiger partial charge >= 0.3 is 12.2 Å². The number of hydrogen-bond acceptors (Lipinski definition) is 1. The molecule has 0 spiro atoms. The highest BCUT2D eigenvalue weighted by Gasteiger charge is 2.38. The van der Waals surface area contributed by atoms with Crippen molar-refractivity contribution in [2.24, 2.45) is 11.8 Å². The first-order valence-corrected chi connectivity index (χ1v) is 8.13. The highest BCUT2D eigenvalue weighted by Crippen LogP contribution is 2.38. The number of para-hydroxylation sites is 1. The summed E-state index contributed by atoms with van der Waals surface area (Å²) in [6, 6.07) is 6.53. The van der Waals surface area contributed by atoms with Crippen molar-refractivity contribution in [3.8, 4) is 0 Å². The molecule has 1 aliphatic heterocycles. The fourth-order valence-electron chi connectivity index (χ4n) is 3.73. The molecule has 126 valence electrons. The van der Waals surface area contributed by atoms with Gasteiger partial charge in [0.2, 0.25) is 0 Å². The summed E-state index contributed by atoms with van der Waals surface area (Å²) >= 11 is 0. The maximum Gasteiger partial charge on any atom is 0.389 e. The van der Waals surface area contributed by atoms with Crippen LogP contribution < -0.4 is 5.32 Å². The predicted octanol–water partition coefficient (Wildman–Crippen LogP) is 4.45. The van der Waals surface area contributed by atoms with E-state index in [4.69, 9.17) is 0 Å². The Morgan fingerprint density at radius 2 is 1.83 bits per heavy atom. The minimum absolute atomic E-state index is 0.120. The molecule has 3 nitrogen and oxygen atoms in total. The van der Waals surface area contributed by atoms with Crippen LogP contribution in [0.5, 0.6) is 0 Å². The lowest BCUT2D eigenvalue weighted by Crippen LogP contribution is -2.34. The molecule has 1 aromatic carbocycles. The van der Waals surface area contributed by atoms with Crippen LogP contribution >= 0.6 is 0 Å². The fourth-order valence-corrected chi connectivity index (χ4v) is 3.73. The zero-order valence-corrected chi connectivity index (χ0v) is 12.9. The number of fused-ring (bicyclic) bond motifs is 1. The summed E-state index contributed by atoms with van der Waals surface area (Å²) in [6.45, 7) is 1.53. The number of anilines is 1. The maximum atomic E-state index is 12.4. The number of rotatable bonds is 3. The molecule has 3 rings (SSSR count). The van der Waals surface area contributed by atoms with Crippen LogP contribution in [-0.4, -0.2) is 30.2 Å². The minimum Gasteiger partial charge on any atom is -0.324 e. The van der Waals surface area contributed by atoms with E-state index in [1.165, 1.54) is 19.3 Å². The fraction of sp³-hybridized carbons (Fsp3) is 0.588. The molecule has 23 heavy (non-hydrogen) atoms. The summed E-state index contributed by atoms with van der Waals surface area (Å²) in [4.78, 5) is 14.2. The van der Waals surface area contributed by atoms with Crippen LogP contribution in [0.25, 0.3) is 0 Å². The van der Waals surface area contributed by atoms with Crippen LogP contribution in [0.4, 0.5) is 23.7 Å². The number of benzene rings is 1. The molecule has 2 unspecified atom stereocenters. The lowest BCUT2D eigenvalue weighted by atomic mass is 10.0. The third-order valence-corrected chi connectivity index (χ3v) is 4.95. The molecular formula is C17H21F3N2O. The van der Waals surface area contributed by atoms with E-state index in [-0.39, 0.29) is 12.5 Å². The molecule has 1 aromatic rings. The molecule has 2 aliphatic rings. The first-order chi connectivity index (χ1) is 10.9. The summed E-state index contributed by atoms with van der Waals surface area (Å²) in [5, 5.41) is 2.80. The van der Waals surface area contributed by atoms with Gasteiger partial charge in [0.15, 0.2) is 0 Å². The summed E-state index contributed by atoms with van der Waals surface area (Å²) in [6.07, 6.45) is -1.60. The second kappa shape index (κ2) is 6.42. The zero-order chi connectivity index (χ0) is 16.4. The number of aryl methyl sites for hydroxylation is 1. The van der Waals surface area contributed by atoms with Crippen molar-refractivity contribution in [1.29, 1.82) is 0 Å². The molecule has 2 atom stereocenters. The van der Waals surface area contributed by atoms with E-state index < -0.39 is 12.6 Å². The molecule has 2 fully saturated rings. The Labute approximate surface area is 133 Å². The maximum absolute atomic E-state index is 12.4.